The van der Waals surface area contributed by atoms with Gasteiger partial charge in [-0.25, -0.2) is 13.6 Å². The number of carboxylic acids is 1. The zero-order chi connectivity index (χ0) is 11.6. The lowest BCUT2D eigenvalue weighted by atomic mass is 10.1. The van der Waals surface area contributed by atoms with Crippen LogP contribution in [-0.2, 0) is 0 Å². The van der Waals surface area contributed by atoms with Gasteiger partial charge in [0.15, 0.2) is 0 Å². The van der Waals surface area contributed by atoms with E-state index in [1.54, 1.807) is 6.26 Å². The van der Waals surface area contributed by atoms with Gasteiger partial charge in [-0.2, -0.15) is 0 Å². The number of hydrogen-bond acceptors (Lipinski definition) is 3. The van der Waals surface area contributed by atoms with E-state index in [9.17, 15) is 13.6 Å². The Morgan fingerprint density at radius 1 is 1.53 bits per heavy atom. The van der Waals surface area contributed by atoms with E-state index >= 15 is 0 Å². The number of halogens is 2. The molecule has 0 amide bonds. The Morgan fingerprint density at radius 2 is 2.13 bits per heavy atom. The summed E-state index contributed by atoms with van der Waals surface area (Å²) in [6, 6.07) is 2.19. The molecule has 0 saturated carbocycles. The van der Waals surface area contributed by atoms with Crippen LogP contribution in [0.2, 0.25) is 0 Å². The molecule has 1 rings (SSSR count). The van der Waals surface area contributed by atoms with Crippen LogP contribution < -0.4 is 5.73 Å². The first kappa shape index (κ1) is 11.8. The second kappa shape index (κ2) is 4.48. The number of anilines is 1. The molecule has 1 aromatic carbocycles. The minimum absolute atomic E-state index is 0.104. The van der Waals surface area contributed by atoms with E-state index < -0.39 is 12.4 Å². The molecule has 0 fully saturated rings. The molecule has 0 atom stereocenters. The van der Waals surface area contributed by atoms with Crippen molar-refractivity contribution in [1.82, 2.24) is 0 Å². The second-order valence-corrected chi connectivity index (χ2v) is 3.57. The number of nitrogen functional groups attached to an aromatic ring is 1. The molecule has 3 nitrogen and oxygen atoms in total. The van der Waals surface area contributed by atoms with Gasteiger partial charge in [0.05, 0.1) is 11.3 Å². The van der Waals surface area contributed by atoms with Crippen LogP contribution in [-0.4, -0.2) is 17.3 Å². The van der Waals surface area contributed by atoms with Gasteiger partial charge < -0.3 is 10.8 Å². The summed E-state index contributed by atoms with van der Waals surface area (Å²) in [4.78, 5) is 10.8. The first-order valence-corrected chi connectivity index (χ1v) is 5.19. The maximum absolute atomic E-state index is 12.5. The Labute approximate surface area is 89.3 Å². The zero-order valence-electron chi connectivity index (χ0n) is 7.83. The summed E-state index contributed by atoms with van der Waals surface area (Å²) in [7, 11) is 0. The van der Waals surface area contributed by atoms with Crippen LogP contribution in [0.1, 0.15) is 22.3 Å². The SMILES string of the molecule is CSc1c(C(F)F)ccc(C(=O)O)c1N. The largest absolute Gasteiger partial charge is 0.478 e. The van der Waals surface area contributed by atoms with E-state index in [4.69, 9.17) is 10.8 Å². The molecule has 0 aliphatic rings. The van der Waals surface area contributed by atoms with Gasteiger partial charge in [-0.05, 0) is 12.3 Å². The molecular formula is C9H9F2NO2S. The molecule has 3 N–H and O–H groups in total. The van der Waals surface area contributed by atoms with E-state index in [-0.39, 0.29) is 21.7 Å². The highest BCUT2D eigenvalue weighted by Crippen LogP contribution is 2.35. The van der Waals surface area contributed by atoms with E-state index in [2.05, 4.69) is 0 Å². The summed E-state index contributed by atoms with van der Waals surface area (Å²) in [5, 5.41) is 8.74. The Bertz CT molecular complexity index is 396. The summed E-state index contributed by atoms with van der Waals surface area (Å²) in [5.74, 6) is -1.22. The second-order valence-electron chi connectivity index (χ2n) is 2.76. The van der Waals surface area contributed by atoms with Crippen LogP contribution >= 0.6 is 11.8 Å². The van der Waals surface area contributed by atoms with E-state index in [1.165, 1.54) is 0 Å². The molecule has 0 aliphatic carbocycles. The fraction of sp³-hybridized carbons (Fsp3) is 0.222. The van der Waals surface area contributed by atoms with Crippen LogP contribution in [0.4, 0.5) is 14.5 Å². The minimum Gasteiger partial charge on any atom is -0.478 e. The Kier molecular flexibility index (Phi) is 3.52. The first-order valence-electron chi connectivity index (χ1n) is 3.96. The minimum atomic E-state index is -2.66. The number of alkyl halides is 2. The van der Waals surface area contributed by atoms with Crippen molar-refractivity contribution in [1.29, 1.82) is 0 Å². The molecular weight excluding hydrogens is 224 g/mol. The van der Waals surface area contributed by atoms with Crippen molar-refractivity contribution in [3.05, 3.63) is 23.3 Å². The molecule has 6 heteroatoms. The van der Waals surface area contributed by atoms with Crippen LogP contribution in [0, 0.1) is 0 Å². The topological polar surface area (TPSA) is 63.3 Å². The van der Waals surface area contributed by atoms with Crippen LogP contribution in [0.25, 0.3) is 0 Å². The molecule has 1 aromatic rings. The standard InChI is InChI=1S/C9H9F2NO2S/c1-15-7-5(8(10)11)3-2-4(6(7)12)9(13)14/h2-3,8H,12H2,1H3,(H,13,14). The lowest BCUT2D eigenvalue weighted by molar-refractivity contribution is 0.0697. The van der Waals surface area contributed by atoms with Crippen molar-refractivity contribution in [2.24, 2.45) is 0 Å². The third-order valence-electron chi connectivity index (χ3n) is 1.90. The van der Waals surface area contributed by atoms with Crippen molar-refractivity contribution < 1.29 is 18.7 Å². The number of carbonyl (C=O) groups is 1. The number of carboxylic acid groups (broad SMARTS) is 1. The molecule has 0 aliphatic heterocycles. The lowest BCUT2D eigenvalue weighted by Crippen LogP contribution is -2.05. The van der Waals surface area contributed by atoms with Gasteiger partial charge in [0.25, 0.3) is 6.43 Å². The van der Waals surface area contributed by atoms with Crippen molar-refractivity contribution >= 4 is 23.4 Å². The fourth-order valence-electron chi connectivity index (χ4n) is 1.20. The van der Waals surface area contributed by atoms with Gasteiger partial charge in [-0.15, -0.1) is 11.8 Å². The fourth-order valence-corrected chi connectivity index (χ4v) is 1.93. The quantitative estimate of drug-likeness (QED) is 0.622. The molecule has 0 bridgehead atoms. The smallest absolute Gasteiger partial charge is 0.337 e. The van der Waals surface area contributed by atoms with Crippen molar-refractivity contribution in [2.45, 2.75) is 11.3 Å². The highest BCUT2D eigenvalue weighted by atomic mass is 32.2. The number of thioether (sulfide) groups is 1. The Hall–Kier alpha value is -1.30. The van der Waals surface area contributed by atoms with E-state index in [0.717, 1.165) is 23.9 Å². The first-order chi connectivity index (χ1) is 6.99. The van der Waals surface area contributed by atoms with Crippen LogP contribution in [0.3, 0.4) is 0 Å². The molecule has 15 heavy (non-hydrogen) atoms. The highest BCUT2D eigenvalue weighted by Gasteiger charge is 2.19. The molecule has 0 aromatic heterocycles. The molecule has 0 saturated heterocycles. The van der Waals surface area contributed by atoms with E-state index in [0.29, 0.717) is 0 Å². The van der Waals surface area contributed by atoms with Gasteiger partial charge in [0.2, 0.25) is 0 Å². The lowest BCUT2D eigenvalue weighted by Gasteiger charge is -2.11. The highest BCUT2D eigenvalue weighted by molar-refractivity contribution is 7.98. The third kappa shape index (κ3) is 2.20. The average molecular weight is 233 g/mol. The van der Waals surface area contributed by atoms with Crippen LogP contribution in [0.5, 0.6) is 0 Å². The summed E-state index contributed by atoms with van der Waals surface area (Å²) in [6.07, 6.45) is -1.08. The van der Waals surface area contributed by atoms with Gasteiger partial charge >= 0.3 is 5.97 Å². The Balaban J connectivity index is 3.39. The summed E-state index contributed by atoms with van der Waals surface area (Å²) >= 11 is 1.01. The third-order valence-corrected chi connectivity index (χ3v) is 2.76. The number of rotatable bonds is 3. The monoisotopic (exact) mass is 233 g/mol. The molecule has 0 spiro atoms. The zero-order valence-corrected chi connectivity index (χ0v) is 8.65. The molecule has 0 unspecified atom stereocenters. The predicted molar refractivity (Wildman–Crippen MR) is 54.6 cm³/mol. The van der Waals surface area contributed by atoms with Crippen LogP contribution in [0.15, 0.2) is 17.0 Å². The van der Waals surface area contributed by atoms with E-state index in [1.807, 2.05) is 0 Å². The number of benzene rings is 1. The van der Waals surface area contributed by atoms with Gasteiger partial charge in [0, 0.05) is 10.5 Å². The van der Waals surface area contributed by atoms with Gasteiger partial charge in [-0.3, -0.25) is 0 Å². The van der Waals surface area contributed by atoms with Crippen molar-refractivity contribution in [3.63, 3.8) is 0 Å². The van der Waals surface area contributed by atoms with Crippen molar-refractivity contribution in [2.75, 3.05) is 12.0 Å². The Morgan fingerprint density at radius 3 is 2.53 bits per heavy atom. The number of hydrogen-bond donors (Lipinski definition) is 2. The number of aromatic carboxylic acids is 1. The molecule has 0 heterocycles. The maximum atomic E-state index is 12.5. The average Bonchev–Trinajstić information content (AvgIpc) is 2.16. The predicted octanol–water partition coefficient (Wildman–Crippen LogP) is 2.63. The maximum Gasteiger partial charge on any atom is 0.337 e. The molecule has 82 valence electrons. The summed E-state index contributed by atoms with van der Waals surface area (Å²) < 4.78 is 25.0. The molecule has 0 radical (unpaired) electrons. The summed E-state index contributed by atoms with van der Waals surface area (Å²) in [6.45, 7) is 0. The summed E-state index contributed by atoms with van der Waals surface area (Å²) in [5.41, 5.74) is 5.01. The van der Waals surface area contributed by atoms with Gasteiger partial charge in [-0.1, -0.05) is 6.07 Å². The van der Waals surface area contributed by atoms with Gasteiger partial charge in [0.1, 0.15) is 0 Å². The normalized spacial score (nSPS) is 10.7. The number of nitrogens with two attached hydrogens (primary N) is 1. The van der Waals surface area contributed by atoms with Crippen molar-refractivity contribution in [3.8, 4) is 0 Å².